The highest BCUT2D eigenvalue weighted by atomic mass is 19.1. The molecule has 0 spiro atoms. The average molecular weight is 298 g/mol. The first-order chi connectivity index (χ1) is 10.7. The van der Waals surface area contributed by atoms with Crippen LogP contribution in [-0.2, 0) is 13.1 Å². The molecule has 4 heteroatoms. The number of piperidine rings is 1. The molecule has 0 radical (unpaired) electrons. The number of fused-ring (bicyclic) bond motifs is 4. The van der Waals surface area contributed by atoms with E-state index in [1.54, 1.807) is 6.07 Å². The molecule has 2 aliphatic heterocycles. The topological polar surface area (TPSA) is 25.2 Å². The highest BCUT2D eigenvalue weighted by molar-refractivity contribution is 5.19. The van der Waals surface area contributed by atoms with Crippen molar-refractivity contribution in [2.24, 2.45) is 5.92 Å². The SMILES string of the molecule is O=c1cccc2n1C[C@@H]1C[C@@H]2CN(Cc2ccc(F)cc2)C1. The van der Waals surface area contributed by atoms with E-state index in [0.29, 0.717) is 11.8 Å². The minimum Gasteiger partial charge on any atom is -0.312 e. The normalized spacial score (nSPS) is 24.0. The fourth-order valence-corrected chi connectivity index (χ4v) is 3.97. The number of hydrogen-bond acceptors (Lipinski definition) is 2. The summed E-state index contributed by atoms with van der Waals surface area (Å²) in [5.74, 6) is 0.779. The van der Waals surface area contributed by atoms with Gasteiger partial charge < -0.3 is 4.57 Å². The number of aromatic nitrogens is 1. The van der Waals surface area contributed by atoms with E-state index in [4.69, 9.17) is 0 Å². The molecule has 3 heterocycles. The lowest BCUT2D eigenvalue weighted by atomic mass is 9.83. The van der Waals surface area contributed by atoms with Gasteiger partial charge in [-0.2, -0.15) is 0 Å². The van der Waals surface area contributed by atoms with Gasteiger partial charge in [-0.1, -0.05) is 18.2 Å². The van der Waals surface area contributed by atoms with Crippen LogP contribution in [0, 0.1) is 11.7 Å². The third-order valence-corrected chi connectivity index (χ3v) is 4.87. The van der Waals surface area contributed by atoms with Gasteiger partial charge >= 0.3 is 0 Å². The zero-order valence-corrected chi connectivity index (χ0v) is 12.4. The van der Waals surface area contributed by atoms with Crippen LogP contribution in [0.2, 0.25) is 0 Å². The Labute approximate surface area is 129 Å². The highest BCUT2D eigenvalue weighted by Gasteiger charge is 2.34. The molecule has 4 rings (SSSR count). The van der Waals surface area contributed by atoms with E-state index in [-0.39, 0.29) is 11.4 Å². The molecule has 3 nitrogen and oxygen atoms in total. The van der Waals surface area contributed by atoms with Crippen LogP contribution in [0.3, 0.4) is 0 Å². The molecule has 0 N–H and O–H groups in total. The van der Waals surface area contributed by atoms with Crippen molar-refractivity contribution in [1.82, 2.24) is 9.47 Å². The summed E-state index contributed by atoms with van der Waals surface area (Å²) < 4.78 is 15.0. The van der Waals surface area contributed by atoms with Gasteiger partial charge in [-0.25, -0.2) is 4.39 Å². The number of likely N-dealkylation sites (tertiary alicyclic amines) is 1. The summed E-state index contributed by atoms with van der Waals surface area (Å²) in [6.07, 6.45) is 1.17. The summed E-state index contributed by atoms with van der Waals surface area (Å²) in [5.41, 5.74) is 2.44. The van der Waals surface area contributed by atoms with Crippen molar-refractivity contribution in [3.63, 3.8) is 0 Å². The maximum Gasteiger partial charge on any atom is 0.250 e. The first kappa shape index (κ1) is 13.7. The average Bonchev–Trinajstić information content (AvgIpc) is 2.51. The third kappa shape index (κ3) is 2.48. The third-order valence-electron chi connectivity index (χ3n) is 4.87. The molecule has 1 saturated heterocycles. The first-order valence-electron chi connectivity index (χ1n) is 7.85. The minimum atomic E-state index is -0.187. The lowest BCUT2D eigenvalue weighted by Crippen LogP contribution is -2.46. The van der Waals surface area contributed by atoms with Crippen LogP contribution >= 0.6 is 0 Å². The Morgan fingerprint density at radius 3 is 2.68 bits per heavy atom. The molecule has 1 aromatic heterocycles. The van der Waals surface area contributed by atoms with Crippen molar-refractivity contribution < 1.29 is 4.39 Å². The van der Waals surface area contributed by atoms with Gasteiger partial charge in [0.25, 0.3) is 5.56 Å². The standard InChI is InChI=1S/C18H19FN2O/c19-16-6-4-13(5-7-16)9-20-10-14-8-15(12-20)17-2-1-3-18(22)21(17)11-14/h1-7,14-15H,8-12H2/t14-,15-/m1/s1. The molecular weight excluding hydrogens is 279 g/mol. The van der Waals surface area contributed by atoms with Crippen LogP contribution in [0.25, 0.3) is 0 Å². The summed E-state index contributed by atoms with van der Waals surface area (Å²) in [6.45, 7) is 3.65. The largest absolute Gasteiger partial charge is 0.312 e. The monoisotopic (exact) mass is 298 g/mol. The lowest BCUT2D eigenvalue weighted by molar-refractivity contribution is 0.114. The molecule has 114 valence electrons. The number of rotatable bonds is 2. The molecular formula is C18H19FN2O. The van der Waals surface area contributed by atoms with Crippen molar-refractivity contribution in [2.45, 2.75) is 25.4 Å². The van der Waals surface area contributed by atoms with Crippen molar-refractivity contribution in [3.8, 4) is 0 Å². The highest BCUT2D eigenvalue weighted by Crippen LogP contribution is 2.35. The number of hydrogen-bond donors (Lipinski definition) is 0. The van der Waals surface area contributed by atoms with Gasteiger partial charge in [0.05, 0.1) is 0 Å². The molecule has 1 aromatic carbocycles. The second-order valence-corrected chi connectivity index (χ2v) is 6.52. The van der Waals surface area contributed by atoms with Gasteiger partial charge in [-0.3, -0.25) is 9.69 Å². The molecule has 2 bridgehead atoms. The summed E-state index contributed by atoms with van der Waals surface area (Å²) >= 11 is 0. The Hall–Kier alpha value is -1.94. The molecule has 0 saturated carbocycles. The Morgan fingerprint density at radius 2 is 1.86 bits per heavy atom. The molecule has 0 amide bonds. The summed E-state index contributed by atoms with van der Waals surface area (Å²) in [7, 11) is 0. The van der Waals surface area contributed by atoms with Crippen LogP contribution in [0.1, 0.15) is 23.6 Å². The van der Waals surface area contributed by atoms with Crippen LogP contribution in [0.5, 0.6) is 0 Å². The second kappa shape index (κ2) is 5.36. The molecule has 2 aromatic rings. The Kier molecular flexibility index (Phi) is 3.34. The molecule has 22 heavy (non-hydrogen) atoms. The molecule has 0 aliphatic carbocycles. The Morgan fingerprint density at radius 1 is 1.05 bits per heavy atom. The quantitative estimate of drug-likeness (QED) is 0.851. The van der Waals surface area contributed by atoms with E-state index >= 15 is 0 Å². The smallest absolute Gasteiger partial charge is 0.250 e. The molecule has 0 unspecified atom stereocenters. The van der Waals surface area contributed by atoms with E-state index in [2.05, 4.69) is 11.0 Å². The fourth-order valence-electron chi connectivity index (χ4n) is 3.97. The number of benzene rings is 1. The summed E-state index contributed by atoms with van der Waals surface area (Å²) in [4.78, 5) is 14.5. The van der Waals surface area contributed by atoms with Gasteiger partial charge in [-0.15, -0.1) is 0 Å². The Balaban J connectivity index is 1.56. The van der Waals surface area contributed by atoms with Gasteiger partial charge in [0.2, 0.25) is 0 Å². The van der Waals surface area contributed by atoms with Crippen molar-refractivity contribution >= 4 is 0 Å². The van der Waals surface area contributed by atoms with Crippen LogP contribution in [0.4, 0.5) is 4.39 Å². The van der Waals surface area contributed by atoms with E-state index in [1.165, 1.54) is 24.2 Å². The molecule has 2 aliphatic rings. The van der Waals surface area contributed by atoms with Crippen LogP contribution in [-0.4, -0.2) is 22.6 Å². The van der Waals surface area contributed by atoms with Crippen molar-refractivity contribution in [1.29, 1.82) is 0 Å². The molecule has 1 fully saturated rings. The lowest BCUT2D eigenvalue weighted by Gasteiger charge is -2.42. The number of pyridine rings is 1. The first-order valence-corrected chi connectivity index (χ1v) is 7.85. The van der Waals surface area contributed by atoms with Crippen LogP contribution < -0.4 is 5.56 Å². The summed E-state index contributed by atoms with van der Waals surface area (Å²) in [5, 5.41) is 0. The van der Waals surface area contributed by atoms with Crippen molar-refractivity contribution in [3.05, 3.63) is 69.9 Å². The second-order valence-electron chi connectivity index (χ2n) is 6.52. The van der Waals surface area contributed by atoms with Gasteiger partial charge in [0.15, 0.2) is 0 Å². The van der Waals surface area contributed by atoms with E-state index in [0.717, 1.165) is 31.7 Å². The van der Waals surface area contributed by atoms with Crippen molar-refractivity contribution in [2.75, 3.05) is 13.1 Å². The number of halogens is 1. The van der Waals surface area contributed by atoms with Gasteiger partial charge in [-0.05, 0) is 36.1 Å². The maximum absolute atomic E-state index is 13.0. The number of nitrogens with zero attached hydrogens (tertiary/aromatic N) is 2. The predicted octanol–water partition coefficient (Wildman–Crippen LogP) is 2.61. The van der Waals surface area contributed by atoms with Gasteiger partial charge in [0, 0.05) is 43.9 Å². The van der Waals surface area contributed by atoms with E-state index < -0.39 is 0 Å². The summed E-state index contributed by atoms with van der Waals surface area (Å²) in [6, 6.07) is 12.4. The fraction of sp³-hybridized carbons (Fsp3) is 0.389. The molecule has 2 atom stereocenters. The van der Waals surface area contributed by atoms with Gasteiger partial charge in [0.1, 0.15) is 5.82 Å². The Bertz CT molecular complexity index is 737. The predicted molar refractivity (Wildman–Crippen MR) is 83.2 cm³/mol. The zero-order valence-electron chi connectivity index (χ0n) is 12.4. The maximum atomic E-state index is 13.0. The van der Waals surface area contributed by atoms with Crippen LogP contribution in [0.15, 0.2) is 47.3 Å². The van der Waals surface area contributed by atoms with E-state index in [9.17, 15) is 9.18 Å². The zero-order chi connectivity index (χ0) is 15.1. The van der Waals surface area contributed by atoms with E-state index in [1.807, 2.05) is 22.8 Å². The minimum absolute atomic E-state index is 0.124.